The second-order valence-corrected chi connectivity index (χ2v) is 6.19. The van der Waals surface area contributed by atoms with E-state index < -0.39 is 12.0 Å². The molecule has 0 saturated carbocycles. The van der Waals surface area contributed by atoms with Crippen LogP contribution in [0.1, 0.15) is 23.6 Å². The summed E-state index contributed by atoms with van der Waals surface area (Å²) in [5.41, 5.74) is 1.29. The molecule has 0 bridgehead atoms. The minimum atomic E-state index is -1.04. The summed E-state index contributed by atoms with van der Waals surface area (Å²) in [6.45, 7) is 0.156. The molecule has 8 nitrogen and oxygen atoms in total. The summed E-state index contributed by atoms with van der Waals surface area (Å²) >= 11 is 0. The number of carbonyl (C=O) groups excluding carboxylic acids is 1. The predicted molar refractivity (Wildman–Crippen MR) is 99.0 cm³/mol. The Bertz CT molecular complexity index is 881. The number of hydrogen-bond donors (Lipinski definition) is 2. The van der Waals surface area contributed by atoms with E-state index in [1.165, 1.54) is 14.2 Å². The van der Waals surface area contributed by atoms with Crippen LogP contribution in [0.15, 0.2) is 36.4 Å². The van der Waals surface area contributed by atoms with Gasteiger partial charge < -0.3 is 29.4 Å². The lowest BCUT2D eigenvalue weighted by molar-refractivity contribution is -0.137. The highest BCUT2D eigenvalue weighted by molar-refractivity contribution is 5.80. The number of carboxylic acid groups (broad SMARTS) is 1. The molecule has 0 spiro atoms. The number of benzene rings is 2. The average Bonchev–Trinajstić information content (AvgIpc) is 3.14. The van der Waals surface area contributed by atoms with Crippen molar-refractivity contribution < 1.29 is 33.6 Å². The standard InChI is InChI=1S/C20H21NO7/c1-25-13-4-5-14(17(9-13)26-2)15(10-20(23)24)21-19(22)8-12-3-6-16-18(7-12)28-11-27-16/h3-7,9,15H,8,10-11H2,1-2H3,(H,21,22)(H,23,24). The first-order valence-corrected chi connectivity index (χ1v) is 8.61. The average molecular weight is 387 g/mol. The fourth-order valence-electron chi connectivity index (χ4n) is 3.00. The summed E-state index contributed by atoms with van der Waals surface area (Å²) in [6.07, 6.45) is -0.208. The van der Waals surface area contributed by atoms with Crippen molar-refractivity contribution in [2.24, 2.45) is 0 Å². The Labute approximate surface area is 162 Å². The third-order valence-corrected chi connectivity index (χ3v) is 4.33. The highest BCUT2D eigenvalue weighted by atomic mass is 16.7. The molecule has 1 heterocycles. The Balaban J connectivity index is 1.77. The number of ether oxygens (including phenoxy) is 4. The van der Waals surface area contributed by atoms with Gasteiger partial charge in [-0.3, -0.25) is 9.59 Å². The third kappa shape index (κ3) is 4.46. The normalized spacial score (nSPS) is 12.9. The predicted octanol–water partition coefficient (Wildman–Crippen LogP) is 2.31. The molecule has 2 aromatic carbocycles. The monoisotopic (exact) mass is 387 g/mol. The van der Waals surface area contributed by atoms with Crippen LogP contribution in [0.5, 0.6) is 23.0 Å². The van der Waals surface area contributed by atoms with Gasteiger partial charge in [-0.2, -0.15) is 0 Å². The summed E-state index contributed by atoms with van der Waals surface area (Å²) < 4.78 is 21.1. The molecule has 148 valence electrons. The van der Waals surface area contributed by atoms with Crippen molar-refractivity contribution >= 4 is 11.9 Å². The highest BCUT2D eigenvalue weighted by Crippen LogP contribution is 2.33. The Morgan fingerprint density at radius 1 is 1.11 bits per heavy atom. The van der Waals surface area contributed by atoms with Crippen LogP contribution in [0.25, 0.3) is 0 Å². The summed E-state index contributed by atoms with van der Waals surface area (Å²) in [5, 5.41) is 12.1. The molecule has 28 heavy (non-hydrogen) atoms. The SMILES string of the molecule is COc1ccc(C(CC(=O)O)NC(=O)Cc2ccc3c(c2)OCO3)c(OC)c1. The minimum Gasteiger partial charge on any atom is -0.497 e. The van der Waals surface area contributed by atoms with Gasteiger partial charge in [0.2, 0.25) is 12.7 Å². The van der Waals surface area contributed by atoms with E-state index in [-0.39, 0.29) is 25.5 Å². The van der Waals surface area contributed by atoms with Gasteiger partial charge in [0.15, 0.2) is 11.5 Å². The summed E-state index contributed by atoms with van der Waals surface area (Å²) in [6, 6.07) is 9.53. The van der Waals surface area contributed by atoms with Crippen LogP contribution in [0.4, 0.5) is 0 Å². The van der Waals surface area contributed by atoms with Crippen LogP contribution in [0.2, 0.25) is 0 Å². The molecule has 1 amide bonds. The van der Waals surface area contributed by atoms with Crippen molar-refractivity contribution in [2.45, 2.75) is 18.9 Å². The number of nitrogens with one attached hydrogen (secondary N) is 1. The van der Waals surface area contributed by atoms with Gasteiger partial charge in [0, 0.05) is 11.6 Å². The van der Waals surface area contributed by atoms with E-state index in [2.05, 4.69) is 5.32 Å². The van der Waals surface area contributed by atoms with E-state index >= 15 is 0 Å². The molecule has 0 aliphatic carbocycles. The molecule has 2 N–H and O–H groups in total. The second-order valence-electron chi connectivity index (χ2n) is 6.19. The number of hydrogen-bond acceptors (Lipinski definition) is 6. The number of carboxylic acids is 1. The smallest absolute Gasteiger partial charge is 0.305 e. The Morgan fingerprint density at radius 2 is 1.89 bits per heavy atom. The maximum atomic E-state index is 12.6. The highest BCUT2D eigenvalue weighted by Gasteiger charge is 2.23. The fourth-order valence-corrected chi connectivity index (χ4v) is 3.00. The third-order valence-electron chi connectivity index (χ3n) is 4.33. The molecular weight excluding hydrogens is 366 g/mol. The maximum absolute atomic E-state index is 12.6. The first kappa shape index (κ1) is 19.3. The van der Waals surface area contributed by atoms with Crippen LogP contribution < -0.4 is 24.3 Å². The van der Waals surface area contributed by atoms with Crippen LogP contribution in [-0.2, 0) is 16.0 Å². The quantitative estimate of drug-likeness (QED) is 0.716. The van der Waals surface area contributed by atoms with E-state index in [0.717, 1.165) is 5.56 Å². The van der Waals surface area contributed by atoms with E-state index in [1.807, 2.05) is 0 Å². The number of fused-ring (bicyclic) bond motifs is 1. The number of rotatable bonds is 8. The van der Waals surface area contributed by atoms with Crippen LogP contribution in [0.3, 0.4) is 0 Å². The molecule has 1 atom stereocenters. The zero-order valence-electron chi connectivity index (χ0n) is 15.6. The largest absolute Gasteiger partial charge is 0.497 e. The van der Waals surface area contributed by atoms with E-state index in [4.69, 9.17) is 18.9 Å². The van der Waals surface area contributed by atoms with Gasteiger partial charge >= 0.3 is 5.97 Å². The first-order chi connectivity index (χ1) is 13.5. The summed E-state index contributed by atoms with van der Waals surface area (Å²) in [7, 11) is 3.00. The van der Waals surface area contributed by atoms with Gasteiger partial charge in [0.1, 0.15) is 11.5 Å². The van der Waals surface area contributed by atoms with Crippen molar-refractivity contribution in [2.75, 3.05) is 21.0 Å². The van der Waals surface area contributed by atoms with Crippen molar-refractivity contribution in [3.8, 4) is 23.0 Å². The number of methoxy groups -OCH3 is 2. The van der Waals surface area contributed by atoms with E-state index in [0.29, 0.717) is 28.6 Å². The van der Waals surface area contributed by atoms with Gasteiger partial charge in [-0.15, -0.1) is 0 Å². The van der Waals surface area contributed by atoms with Crippen LogP contribution >= 0.6 is 0 Å². The van der Waals surface area contributed by atoms with Gasteiger partial charge in [-0.25, -0.2) is 0 Å². The lowest BCUT2D eigenvalue weighted by Crippen LogP contribution is -2.31. The van der Waals surface area contributed by atoms with Gasteiger partial charge in [-0.05, 0) is 29.8 Å². The molecular formula is C20H21NO7. The number of aliphatic carboxylic acids is 1. The fraction of sp³-hybridized carbons (Fsp3) is 0.300. The van der Waals surface area contributed by atoms with Crippen molar-refractivity contribution in [3.05, 3.63) is 47.5 Å². The molecule has 0 radical (unpaired) electrons. The van der Waals surface area contributed by atoms with Crippen LogP contribution in [0, 0.1) is 0 Å². The minimum absolute atomic E-state index is 0.0746. The molecule has 0 fully saturated rings. The number of carbonyl (C=O) groups is 2. The molecule has 1 aliphatic heterocycles. The molecule has 1 unspecified atom stereocenters. The van der Waals surface area contributed by atoms with Crippen LogP contribution in [-0.4, -0.2) is 38.0 Å². The second kappa shape index (κ2) is 8.51. The Hall–Kier alpha value is -3.42. The molecule has 1 aliphatic rings. The van der Waals surface area contributed by atoms with Gasteiger partial charge in [-0.1, -0.05) is 6.07 Å². The van der Waals surface area contributed by atoms with Crippen molar-refractivity contribution in [3.63, 3.8) is 0 Å². The molecule has 2 aromatic rings. The molecule has 0 saturated heterocycles. The van der Waals surface area contributed by atoms with E-state index in [1.54, 1.807) is 36.4 Å². The Morgan fingerprint density at radius 3 is 2.61 bits per heavy atom. The maximum Gasteiger partial charge on any atom is 0.305 e. The Kier molecular flexibility index (Phi) is 5.88. The topological polar surface area (TPSA) is 103 Å². The molecule has 8 heteroatoms. The summed E-state index contributed by atoms with van der Waals surface area (Å²) in [5.74, 6) is 0.879. The zero-order chi connectivity index (χ0) is 20.1. The first-order valence-electron chi connectivity index (χ1n) is 8.61. The summed E-state index contributed by atoms with van der Waals surface area (Å²) in [4.78, 5) is 23.9. The van der Waals surface area contributed by atoms with Crippen molar-refractivity contribution in [1.29, 1.82) is 0 Å². The number of amides is 1. The molecule has 0 aromatic heterocycles. The molecule has 3 rings (SSSR count). The lowest BCUT2D eigenvalue weighted by Gasteiger charge is -2.20. The van der Waals surface area contributed by atoms with Crippen molar-refractivity contribution in [1.82, 2.24) is 5.32 Å². The van der Waals surface area contributed by atoms with Gasteiger partial charge in [0.05, 0.1) is 33.1 Å². The lowest BCUT2D eigenvalue weighted by atomic mass is 10.0. The van der Waals surface area contributed by atoms with Gasteiger partial charge in [0.25, 0.3) is 0 Å². The zero-order valence-corrected chi connectivity index (χ0v) is 15.6. The van der Waals surface area contributed by atoms with E-state index in [9.17, 15) is 14.7 Å².